The van der Waals surface area contributed by atoms with E-state index in [0.717, 1.165) is 28.5 Å². The molecule has 0 radical (unpaired) electrons. The van der Waals surface area contributed by atoms with Crippen LogP contribution in [0.1, 0.15) is 53.1 Å². The number of halogens is 1. The second kappa shape index (κ2) is 9.55. The first-order chi connectivity index (χ1) is 14.9. The average molecular weight is 485 g/mol. The Labute approximate surface area is 191 Å². The van der Waals surface area contributed by atoms with Crippen molar-refractivity contribution in [2.45, 2.75) is 32.7 Å². The molecule has 1 saturated heterocycles. The summed E-state index contributed by atoms with van der Waals surface area (Å²) in [5.41, 5.74) is 4.10. The van der Waals surface area contributed by atoms with Crippen LogP contribution in [0, 0.1) is 6.92 Å². The third-order valence-corrected chi connectivity index (χ3v) is 6.53. The highest BCUT2D eigenvalue weighted by Gasteiger charge is 2.25. The predicted molar refractivity (Wildman–Crippen MR) is 127 cm³/mol. The van der Waals surface area contributed by atoms with Crippen LogP contribution < -0.4 is 5.32 Å². The number of carbonyl (C=O) groups excluding carboxylic acids is 1. The molecular weight excluding hydrogens is 456 g/mol. The molecule has 0 unspecified atom stereocenters. The maximum Gasteiger partial charge on any atom is 0.287 e. The summed E-state index contributed by atoms with van der Waals surface area (Å²) < 4.78 is 12.4. The summed E-state index contributed by atoms with van der Waals surface area (Å²) in [4.78, 5) is 15.4. The minimum Gasteiger partial charge on any atom is -0.451 e. The maximum atomic E-state index is 13.0. The second-order valence-corrected chi connectivity index (χ2v) is 9.31. The Hall–Kier alpha value is -2.15. The van der Waals surface area contributed by atoms with Gasteiger partial charge in [0.25, 0.3) is 5.91 Å². The fourth-order valence-corrected chi connectivity index (χ4v) is 4.48. The molecule has 3 aromatic rings. The molecule has 5 nitrogen and oxygen atoms in total. The lowest BCUT2D eigenvalue weighted by Crippen LogP contribution is -2.43. The molecule has 2 aromatic carbocycles. The Morgan fingerprint density at radius 1 is 1.10 bits per heavy atom. The summed E-state index contributed by atoms with van der Waals surface area (Å²) in [5.74, 6) is 0.692. The third-order valence-electron chi connectivity index (χ3n) is 6.04. The minimum absolute atomic E-state index is 0.0906. The van der Waals surface area contributed by atoms with Crippen LogP contribution in [0.25, 0.3) is 11.0 Å². The molecule has 0 spiro atoms. The highest BCUT2D eigenvalue weighted by atomic mass is 79.9. The number of fused-ring (bicyclic) bond motifs is 1. The van der Waals surface area contributed by atoms with Crippen LogP contribution in [0.4, 0.5) is 0 Å². The molecule has 164 valence electrons. The first-order valence-electron chi connectivity index (χ1n) is 10.8. The van der Waals surface area contributed by atoms with Gasteiger partial charge in [0.1, 0.15) is 5.58 Å². The zero-order valence-electron chi connectivity index (χ0n) is 18.3. The molecule has 1 atom stereocenters. The van der Waals surface area contributed by atoms with Crippen molar-refractivity contribution in [2.75, 3.05) is 32.8 Å². The summed E-state index contributed by atoms with van der Waals surface area (Å²) in [6, 6.07) is 14.7. The van der Waals surface area contributed by atoms with E-state index in [-0.39, 0.29) is 11.9 Å². The van der Waals surface area contributed by atoms with Crippen molar-refractivity contribution in [3.63, 3.8) is 0 Å². The van der Waals surface area contributed by atoms with E-state index in [4.69, 9.17) is 9.15 Å². The number of carbonyl (C=O) groups is 1. The number of ether oxygens (including phenoxy) is 1. The molecule has 0 saturated carbocycles. The Morgan fingerprint density at radius 2 is 1.77 bits per heavy atom. The number of nitrogens with zero attached hydrogens (tertiary/aromatic N) is 1. The molecule has 1 aromatic heterocycles. The molecule has 1 aliphatic rings. The lowest BCUT2D eigenvalue weighted by molar-refractivity contribution is 0.0161. The summed E-state index contributed by atoms with van der Waals surface area (Å²) in [6.07, 6.45) is 0. The van der Waals surface area contributed by atoms with Gasteiger partial charge in [-0.15, -0.1) is 0 Å². The molecule has 0 bridgehead atoms. The zero-order chi connectivity index (χ0) is 22.0. The largest absolute Gasteiger partial charge is 0.451 e. The van der Waals surface area contributed by atoms with Gasteiger partial charge in [-0.1, -0.05) is 54.0 Å². The lowest BCUT2D eigenvalue weighted by Gasteiger charge is -2.35. The number of benzene rings is 2. The number of furan rings is 1. The van der Waals surface area contributed by atoms with Crippen molar-refractivity contribution >= 4 is 32.8 Å². The van der Waals surface area contributed by atoms with Gasteiger partial charge in [0.05, 0.1) is 19.3 Å². The molecule has 4 rings (SSSR count). The van der Waals surface area contributed by atoms with Crippen molar-refractivity contribution in [3.8, 4) is 0 Å². The molecule has 1 aliphatic heterocycles. The van der Waals surface area contributed by atoms with Crippen LogP contribution in [-0.2, 0) is 4.74 Å². The van der Waals surface area contributed by atoms with Gasteiger partial charge in [-0.25, -0.2) is 0 Å². The summed E-state index contributed by atoms with van der Waals surface area (Å²) in [5, 5.41) is 4.08. The fourth-order valence-electron chi connectivity index (χ4n) is 4.14. The smallest absolute Gasteiger partial charge is 0.287 e. The highest BCUT2D eigenvalue weighted by molar-refractivity contribution is 9.10. The van der Waals surface area contributed by atoms with E-state index < -0.39 is 0 Å². The first-order valence-corrected chi connectivity index (χ1v) is 11.6. The van der Waals surface area contributed by atoms with Crippen LogP contribution in [0.5, 0.6) is 0 Å². The number of aryl methyl sites for hydroxylation is 1. The number of hydrogen-bond donors (Lipinski definition) is 1. The van der Waals surface area contributed by atoms with Gasteiger partial charge in [0.15, 0.2) is 5.76 Å². The van der Waals surface area contributed by atoms with E-state index in [1.807, 2.05) is 25.1 Å². The summed E-state index contributed by atoms with van der Waals surface area (Å²) in [7, 11) is 0. The van der Waals surface area contributed by atoms with Crippen LogP contribution in [0.15, 0.2) is 51.4 Å². The van der Waals surface area contributed by atoms with Gasteiger partial charge >= 0.3 is 0 Å². The lowest BCUT2D eigenvalue weighted by atomic mass is 9.98. The van der Waals surface area contributed by atoms with Crippen LogP contribution in [0.2, 0.25) is 0 Å². The topological polar surface area (TPSA) is 54.7 Å². The quantitative estimate of drug-likeness (QED) is 0.506. The third kappa shape index (κ3) is 4.86. The fraction of sp³-hybridized carbons (Fsp3) is 0.400. The van der Waals surface area contributed by atoms with Crippen LogP contribution >= 0.6 is 15.9 Å². The normalized spacial score (nSPS) is 16.0. The predicted octanol–water partition coefficient (Wildman–Crippen LogP) is 5.43. The number of hydrogen-bond acceptors (Lipinski definition) is 4. The van der Waals surface area contributed by atoms with Crippen molar-refractivity contribution in [3.05, 3.63) is 69.4 Å². The van der Waals surface area contributed by atoms with E-state index in [1.165, 1.54) is 11.1 Å². The average Bonchev–Trinajstić information content (AvgIpc) is 3.10. The number of amides is 1. The molecule has 6 heteroatoms. The van der Waals surface area contributed by atoms with Gasteiger partial charge in [-0.05, 0) is 42.2 Å². The molecule has 0 aliphatic carbocycles. The Morgan fingerprint density at radius 3 is 2.45 bits per heavy atom. The minimum atomic E-state index is -0.179. The molecule has 1 fully saturated rings. The first kappa shape index (κ1) is 22.1. The van der Waals surface area contributed by atoms with E-state index in [2.05, 4.69) is 64.3 Å². The number of morpholine rings is 1. The Kier molecular flexibility index (Phi) is 6.80. The molecule has 2 heterocycles. The zero-order valence-corrected chi connectivity index (χ0v) is 19.9. The van der Waals surface area contributed by atoms with E-state index in [9.17, 15) is 4.79 Å². The van der Waals surface area contributed by atoms with Crippen LogP contribution in [0.3, 0.4) is 0 Å². The maximum absolute atomic E-state index is 13.0. The van der Waals surface area contributed by atoms with Gasteiger partial charge in [-0.3, -0.25) is 9.69 Å². The van der Waals surface area contributed by atoms with Gasteiger partial charge in [-0.2, -0.15) is 0 Å². The van der Waals surface area contributed by atoms with Crippen molar-refractivity contribution < 1.29 is 13.9 Å². The second-order valence-electron chi connectivity index (χ2n) is 8.39. The Bertz CT molecular complexity index is 1050. The highest BCUT2D eigenvalue weighted by Crippen LogP contribution is 2.28. The van der Waals surface area contributed by atoms with E-state index >= 15 is 0 Å². The monoisotopic (exact) mass is 484 g/mol. The van der Waals surface area contributed by atoms with E-state index in [1.54, 1.807) is 0 Å². The van der Waals surface area contributed by atoms with Crippen molar-refractivity contribution in [1.29, 1.82) is 0 Å². The summed E-state index contributed by atoms with van der Waals surface area (Å²) >= 11 is 3.46. The number of nitrogens with one attached hydrogen (secondary N) is 1. The number of rotatable bonds is 6. The van der Waals surface area contributed by atoms with E-state index in [0.29, 0.717) is 37.0 Å². The molecule has 31 heavy (non-hydrogen) atoms. The SMILES string of the molecule is Cc1c(C(=O)NC[C@@H](c2ccc(C(C)C)cc2)N2CCOCC2)oc2cc(Br)ccc12. The van der Waals surface area contributed by atoms with Crippen LogP contribution in [-0.4, -0.2) is 43.7 Å². The Balaban J connectivity index is 1.54. The molecule has 1 N–H and O–H groups in total. The van der Waals surface area contributed by atoms with Gasteiger partial charge < -0.3 is 14.5 Å². The van der Waals surface area contributed by atoms with Gasteiger partial charge in [0, 0.05) is 35.1 Å². The van der Waals surface area contributed by atoms with Gasteiger partial charge in [0.2, 0.25) is 0 Å². The van der Waals surface area contributed by atoms with Crippen molar-refractivity contribution in [1.82, 2.24) is 10.2 Å². The van der Waals surface area contributed by atoms with Crippen molar-refractivity contribution in [2.24, 2.45) is 0 Å². The summed E-state index contributed by atoms with van der Waals surface area (Å²) in [6.45, 7) is 9.97. The molecule has 1 amide bonds. The standard InChI is InChI=1S/C25H29BrN2O3/c1-16(2)18-4-6-19(7-5-18)22(28-10-12-30-13-11-28)15-27-25(29)24-17(3)21-9-8-20(26)14-23(21)31-24/h4-9,14,16,22H,10-13,15H2,1-3H3,(H,27,29)/t22-/m0/s1. The molecular formula is C25H29BrN2O3.